The van der Waals surface area contributed by atoms with Gasteiger partial charge in [-0.2, -0.15) is 0 Å². The number of nitrogens with two attached hydrogens (primary N) is 1. The van der Waals surface area contributed by atoms with Crippen molar-refractivity contribution in [2.24, 2.45) is 5.73 Å². The highest BCUT2D eigenvalue weighted by Gasteiger charge is 2.28. The Kier molecular flexibility index (Phi) is 7.43. The van der Waals surface area contributed by atoms with Crippen molar-refractivity contribution in [1.29, 1.82) is 0 Å². The summed E-state index contributed by atoms with van der Waals surface area (Å²) in [5.41, 5.74) is 6.90. The maximum Gasteiger partial charge on any atom is 0.324 e. The molecule has 0 saturated carbocycles. The minimum atomic E-state index is -0.577. The predicted octanol–water partition coefficient (Wildman–Crippen LogP) is 4.23. The van der Waals surface area contributed by atoms with Gasteiger partial charge in [0.1, 0.15) is 10.6 Å². The van der Waals surface area contributed by atoms with Gasteiger partial charge in [-0.3, -0.25) is 19.8 Å². The molecule has 0 bridgehead atoms. The summed E-state index contributed by atoms with van der Waals surface area (Å²) < 4.78 is 5.37. The van der Waals surface area contributed by atoms with Gasteiger partial charge < -0.3 is 15.8 Å². The van der Waals surface area contributed by atoms with Gasteiger partial charge in [0.05, 0.1) is 12.0 Å². The lowest BCUT2D eigenvalue weighted by Crippen LogP contribution is -2.33. The van der Waals surface area contributed by atoms with Crippen molar-refractivity contribution in [3.05, 3.63) is 45.3 Å². The molecule has 0 saturated heterocycles. The van der Waals surface area contributed by atoms with Crippen LogP contribution >= 0.6 is 22.9 Å². The summed E-state index contributed by atoms with van der Waals surface area (Å²) in [6, 6.07) is 6.22. The average molecular weight is 479 g/mol. The third-order valence-corrected chi connectivity index (χ3v) is 6.15. The number of nitrogens with one attached hydrogen (secondary N) is 2. The molecule has 1 aliphatic rings. The Labute approximate surface area is 196 Å². The number of halogens is 1. The number of esters is 1. The first-order valence-corrected chi connectivity index (χ1v) is 11.4. The fraction of sp³-hybridized carbons (Fsp3) is 0.409. The molecule has 8 nitrogen and oxygen atoms in total. The zero-order valence-corrected chi connectivity index (χ0v) is 19.9. The van der Waals surface area contributed by atoms with E-state index in [1.54, 1.807) is 24.3 Å². The van der Waals surface area contributed by atoms with Gasteiger partial charge in [-0.15, -0.1) is 11.3 Å². The molecule has 1 aliphatic heterocycles. The van der Waals surface area contributed by atoms with Crippen LogP contribution in [0.1, 0.15) is 48.0 Å². The van der Waals surface area contributed by atoms with Crippen molar-refractivity contribution in [3.63, 3.8) is 0 Å². The molecule has 0 radical (unpaired) electrons. The number of ether oxygens (including phenoxy) is 1. The van der Waals surface area contributed by atoms with E-state index in [4.69, 9.17) is 22.1 Å². The molecular formula is C22H27ClN4O4S. The quantitative estimate of drug-likeness (QED) is 0.537. The second-order valence-corrected chi connectivity index (χ2v) is 10.1. The Balaban J connectivity index is 1.66. The van der Waals surface area contributed by atoms with E-state index in [0.29, 0.717) is 47.3 Å². The van der Waals surface area contributed by atoms with Gasteiger partial charge in [-0.05, 0) is 57.0 Å². The fourth-order valence-electron chi connectivity index (χ4n) is 3.44. The van der Waals surface area contributed by atoms with E-state index in [9.17, 15) is 14.4 Å². The smallest absolute Gasteiger partial charge is 0.324 e. The second-order valence-electron chi connectivity index (χ2n) is 8.52. The van der Waals surface area contributed by atoms with E-state index in [0.717, 1.165) is 10.4 Å². The van der Waals surface area contributed by atoms with Crippen LogP contribution in [-0.2, 0) is 22.5 Å². The Bertz CT molecular complexity index is 1010. The first-order valence-electron chi connectivity index (χ1n) is 10.2. The molecule has 0 spiro atoms. The molecule has 0 aliphatic carbocycles. The van der Waals surface area contributed by atoms with Gasteiger partial charge in [0.25, 0.3) is 5.91 Å². The van der Waals surface area contributed by atoms with Gasteiger partial charge >= 0.3 is 12.0 Å². The van der Waals surface area contributed by atoms with Crippen molar-refractivity contribution < 1.29 is 19.1 Å². The normalized spacial score (nSPS) is 13.9. The summed E-state index contributed by atoms with van der Waals surface area (Å²) in [7, 11) is 0. The summed E-state index contributed by atoms with van der Waals surface area (Å²) in [6.45, 7) is 7.33. The fourth-order valence-corrected chi connectivity index (χ4v) is 4.85. The van der Waals surface area contributed by atoms with Gasteiger partial charge in [0, 0.05) is 35.2 Å². The number of nitrogens with zero attached hydrogens (tertiary/aromatic N) is 1. The average Bonchev–Trinajstić information content (AvgIpc) is 3.03. The number of carbonyl (C=O) groups excluding carboxylic acids is 3. The Hall–Kier alpha value is -2.62. The Morgan fingerprint density at radius 3 is 2.50 bits per heavy atom. The molecule has 1 aromatic carbocycles. The molecule has 4 N–H and O–H groups in total. The molecule has 2 aromatic rings. The first kappa shape index (κ1) is 24.0. The molecule has 3 amide bonds. The number of hydrogen-bond acceptors (Lipinski definition) is 6. The summed E-state index contributed by atoms with van der Waals surface area (Å²) in [5.74, 6) is -0.819. The van der Waals surface area contributed by atoms with Gasteiger partial charge in [0.15, 0.2) is 0 Å². The van der Waals surface area contributed by atoms with E-state index >= 15 is 0 Å². The third-order valence-electron chi connectivity index (χ3n) is 4.76. The molecule has 172 valence electrons. The van der Waals surface area contributed by atoms with Crippen LogP contribution in [0, 0.1) is 0 Å². The highest BCUT2D eigenvalue weighted by Crippen LogP contribution is 2.37. The molecule has 32 heavy (non-hydrogen) atoms. The number of hydrogen-bond donors (Lipinski definition) is 3. The second kappa shape index (κ2) is 9.89. The number of primary amides is 1. The van der Waals surface area contributed by atoms with Crippen molar-refractivity contribution in [2.45, 2.75) is 45.8 Å². The van der Waals surface area contributed by atoms with E-state index in [1.807, 2.05) is 20.8 Å². The van der Waals surface area contributed by atoms with Gasteiger partial charge in [-0.1, -0.05) is 11.6 Å². The zero-order valence-electron chi connectivity index (χ0n) is 18.3. The monoisotopic (exact) mass is 478 g/mol. The largest absolute Gasteiger partial charge is 0.460 e. The van der Waals surface area contributed by atoms with Crippen LogP contribution in [0.3, 0.4) is 0 Å². The SMILES string of the molecule is CC(C)(C)OC(=O)CCN1CCc2c(sc(NC(=O)Nc3ccc(Cl)cc3)c2C(N)=O)C1. The van der Waals surface area contributed by atoms with Crippen molar-refractivity contribution >= 4 is 51.5 Å². The van der Waals surface area contributed by atoms with Crippen molar-refractivity contribution in [3.8, 4) is 0 Å². The zero-order chi connectivity index (χ0) is 23.5. The molecule has 2 heterocycles. The lowest BCUT2D eigenvalue weighted by Gasteiger charge is -2.27. The highest BCUT2D eigenvalue weighted by atomic mass is 35.5. The minimum absolute atomic E-state index is 0.242. The summed E-state index contributed by atoms with van der Waals surface area (Å²) in [5, 5.41) is 6.44. The maximum absolute atomic E-state index is 12.4. The predicted molar refractivity (Wildman–Crippen MR) is 126 cm³/mol. The number of carbonyl (C=O) groups is 3. The van der Waals surface area contributed by atoms with Crippen LogP contribution in [0.15, 0.2) is 24.3 Å². The van der Waals surface area contributed by atoms with Crippen LogP contribution in [-0.4, -0.2) is 41.5 Å². The maximum atomic E-state index is 12.4. The number of urea groups is 1. The summed E-state index contributed by atoms with van der Waals surface area (Å²) in [6.07, 6.45) is 0.897. The number of amides is 3. The summed E-state index contributed by atoms with van der Waals surface area (Å²) in [4.78, 5) is 39.7. The molecule has 0 fully saturated rings. The number of rotatable bonds is 6. The third kappa shape index (κ3) is 6.44. The van der Waals surface area contributed by atoms with Gasteiger partial charge in [-0.25, -0.2) is 4.79 Å². The topological polar surface area (TPSA) is 114 Å². The minimum Gasteiger partial charge on any atom is -0.460 e. The lowest BCUT2D eigenvalue weighted by atomic mass is 10.0. The standard InChI is InChI=1S/C22H27ClN4O4S/c1-22(2,3)31-17(28)9-11-27-10-8-15-16(12-27)32-20(18(15)19(24)29)26-21(30)25-14-6-4-13(23)5-7-14/h4-7H,8-12H2,1-3H3,(H2,24,29)(H2,25,26,30). The Morgan fingerprint density at radius 1 is 1.19 bits per heavy atom. The van der Waals surface area contributed by atoms with E-state index < -0.39 is 17.5 Å². The lowest BCUT2D eigenvalue weighted by molar-refractivity contribution is -0.155. The molecule has 3 rings (SSSR count). The molecule has 1 aromatic heterocycles. The van der Waals surface area contributed by atoms with Crippen molar-refractivity contribution in [1.82, 2.24) is 4.90 Å². The highest BCUT2D eigenvalue weighted by molar-refractivity contribution is 7.17. The Morgan fingerprint density at radius 2 is 1.88 bits per heavy atom. The van der Waals surface area contributed by atoms with Crippen LogP contribution in [0.25, 0.3) is 0 Å². The number of benzene rings is 1. The van der Waals surface area contributed by atoms with Gasteiger partial charge in [0.2, 0.25) is 0 Å². The van der Waals surface area contributed by atoms with E-state index in [-0.39, 0.29) is 12.4 Å². The summed E-state index contributed by atoms with van der Waals surface area (Å²) >= 11 is 7.19. The molecule has 0 unspecified atom stereocenters. The first-order chi connectivity index (χ1) is 15.0. The number of anilines is 2. The molecule has 10 heteroatoms. The number of thiophene rings is 1. The molecule has 0 atom stereocenters. The van der Waals surface area contributed by atoms with Crippen LogP contribution in [0.4, 0.5) is 15.5 Å². The van der Waals surface area contributed by atoms with Crippen LogP contribution in [0.2, 0.25) is 5.02 Å². The van der Waals surface area contributed by atoms with E-state index in [2.05, 4.69) is 15.5 Å². The van der Waals surface area contributed by atoms with Crippen LogP contribution in [0.5, 0.6) is 0 Å². The van der Waals surface area contributed by atoms with Crippen molar-refractivity contribution in [2.75, 3.05) is 23.7 Å². The molecular weight excluding hydrogens is 452 g/mol. The van der Waals surface area contributed by atoms with E-state index in [1.165, 1.54) is 11.3 Å². The number of fused-ring (bicyclic) bond motifs is 1. The van der Waals surface area contributed by atoms with Crippen LogP contribution < -0.4 is 16.4 Å².